The van der Waals surface area contributed by atoms with Crippen LogP contribution in [0.3, 0.4) is 0 Å². The average Bonchev–Trinajstić information content (AvgIpc) is 2.58. The molecule has 0 aliphatic heterocycles. The van der Waals surface area contributed by atoms with E-state index in [0.29, 0.717) is 18.1 Å². The second kappa shape index (κ2) is 9.17. The van der Waals surface area contributed by atoms with Crippen molar-refractivity contribution in [1.82, 2.24) is 5.32 Å². The Bertz CT molecular complexity index is 591. The maximum Gasteiger partial charge on any atom is 0.240 e. The lowest BCUT2D eigenvalue weighted by atomic mass is 9.94. The highest BCUT2D eigenvalue weighted by atomic mass is 16.5. The van der Waals surface area contributed by atoms with E-state index < -0.39 is 5.41 Å². The number of nitrogens with zero attached hydrogens (tertiary/aromatic N) is 1. The minimum absolute atomic E-state index is 0.229. The number of ether oxygens (including phenoxy) is 2. The van der Waals surface area contributed by atoms with Crippen molar-refractivity contribution in [1.29, 1.82) is 5.26 Å². The molecule has 0 aliphatic carbocycles. The number of rotatable bonds is 9. The van der Waals surface area contributed by atoms with E-state index in [1.165, 1.54) is 0 Å². The number of methoxy groups -OCH3 is 1. The fourth-order valence-corrected chi connectivity index (χ4v) is 2.12. The van der Waals surface area contributed by atoms with Crippen molar-refractivity contribution in [3.05, 3.63) is 23.8 Å². The molecular formula is C19H28N2O3. The third-order valence-corrected chi connectivity index (χ3v) is 3.89. The quantitative estimate of drug-likeness (QED) is 0.694. The lowest BCUT2D eigenvalue weighted by molar-refractivity contribution is -0.127. The number of hydrogen-bond donors (Lipinski definition) is 1. The number of unbranched alkanes of at least 4 members (excludes halogenated alkanes) is 2. The fourth-order valence-electron chi connectivity index (χ4n) is 2.12. The first kappa shape index (κ1) is 19.8. The van der Waals surface area contributed by atoms with E-state index >= 15 is 0 Å². The van der Waals surface area contributed by atoms with Crippen LogP contribution >= 0.6 is 0 Å². The molecule has 132 valence electrons. The summed E-state index contributed by atoms with van der Waals surface area (Å²) in [7, 11) is 1.60. The van der Waals surface area contributed by atoms with E-state index in [9.17, 15) is 4.79 Å². The maximum atomic E-state index is 12.1. The topological polar surface area (TPSA) is 71.3 Å². The molecule has 0 radical (unpaired) electrons. The third-order valence-electron chi connectivity index (χ3n) is 3.89. The van der Waals surface area contributed by atoms with E-state index in [1.54, 1.807) is 21.0 Å². The molecule has 0 fully saturated rings. The zero-order valence-corrected chi connectivity index (χ0v) is 15.3. The first-order valence-electron chi connectivity index (χ1n) is 8.38. The number of hydrogen-bond acceptors (Lipinski definition) is 4. The predicted octanol–water partition coefficient (Wildman–Crippen LogP) is 3.99. The molecule has 0 spiro atoms. The van der Waals surface area contributed by atoms with Crippen molar-refractivity contribution in [2.24, 2.45) is 5.41 Å². The van der Waals surface area contributed by atoms with Crippen molar-refractivity contribution in [3.63, 3.8) is 0 Å². The van der Waals surface area contributed by atoms with Crippen molar-refractivity contribution >= 4 is 5.91 Å². The molecule has 5 nitrogen and oxygen atoms in total. The van der Waals surface area contributed by atoms with Gasteiger partial charge in [-0.25, -0.2) is 0 Å². The molecule has 0 aliphatic rings. The van der Waals surface area contributed by atoms with Gasteiger partial charge in [-0.3, -0.25) is 4.79 Å². The smallest absolute Gasteiger partial charge is 0.240 e. The summed E-state index contributed by atoms with van der Waals surface area (Å²) in [4.78, 5) is 12.1. The van der Waals surface area contributed by atoms with Crippen LogP contribution in [0.5, 0.6) is 11.5 Å². The molecule has 1 amide bonds. The molecule has 1 aromatic carbocycles. The number of amides is 1. The molecule has 0 saturated carbocycles. The average molecular weight is 332 g/mol. The molecule has 24 heavy (non-hydrogen) atoms. The van der Waals surface area contributed by atoms with Crippen LogP contribution in [0, 0.1) is 16.7 Å². The molecular weight excluding hydrogens is 304 g/mol. The number of carbonyl (C=O) groups excluding carboxylic acids is 1. The number of carbonyl (C=O) groups is 1. The van der Waals surface area contributed by atoms with Gasteiger partial charge in [0.15, 0.2) is 11.5 Å². The Hall–Kier alpha value is -2.22. The van der Waals surface area contributed by atoms with Gasteiger partial charge in [-0.05, 0) is 44.9 Å². The Morgan fingerprint density at radius 2 is 2.04 bits per heavy atom. The van der Waals surface area contributed by atoms with Gasteiger partial charge in [0, 0.05) is 0 Å². The highest BCUT2D eigenvalue weighted by molar-refractivity contribution is 5.84. The zero-order chi connectivity index (χ0) is 18.2. The minimum atomic E-state index is -1.05. The van der Waals surface area contributed by atoms with Gasteiger partial charge in [0.05, 0.1) is 25.8 Å². The second-order valence-corrected chi connectivity index (χ2v) is 6.40. The summed E-state index contributed by atoms with van der Waals surface area (Å²) in [6.07, 6.45) is 3.30. The van der Waals surface area contributed by atoms with E-state index in [2.05, 4.69) is 12.2 Å². The SMILES string of the molecule is CCCCCOc1ccc(C(C)NC(=O)C(C)(C)C#N)cc1OC. The van der Waals surface area contributed by atoms with Crippen LogP contribution in [0.25, 0.3) is 0 Å². The Labute approximate surface area is 145 Å². The van der Waals surface area contributed by atoms with Gasteiger partial charge in [-0.1, -0.05) is 25.8 Å². The summed E-state index contributed by atoms with van der Waals surface area (Å²) in [5.41, 5.74) is -0.157. The van der Waals surface area contributed by atoms with Crippen LogP contribution in [0.4, 0.5) is 0 Å². The first-order chi connectivity index (χ1) is 11.4. The van der Waals surface area contributed by atoms with Crippen LogP contribution < -0.4 is 14.8 Å². The normalized spacial score (nSPS) is 12.2. The molecule has 1 atom stereocenters. The number of nitrogens with one attached hydrogen (secondary N) is 1. The molecule has 1 N–H and O–H groups in total. The van der Waals surface area contributed by atoms with E-state index in [4.69, 9.17) is 14.7 Å². The van der Waals surface area contributed by atoms with E-state index in [1.807, 2.05) is 31.2 Å². The Morgan fingerprint density at radius 1 is 1.33 bits per heavy atom. The van der Waals surface area contributed by atoms with Crippen LogP contribution in [-0.4, -0.2) is 19.6 Å². The predicted molar refractivity (Wildman–Crippen MR) is 94.0 cm³/mol. The van der Waals surface area contributed by atoms with Crippen molar-refractivity contribution in [2.75, 3.05) is 13.7 Å². The Morgan fingerprint density at radius 3 is 2.62 bits per heavy atom. The maximum absolute atomic E-state index is 12.1. The van der Waals surface area contributed by atoms with Crippen LogP contribution in [-0.2, 0) is 4.79 Å². The van der Waals surface area contributed by atoms with Gasteiger partial charge >= 0.3 is 0 Å². The summed E-state index contributed by atoms with van der Waals surface area (Å²) >= 11 is 0. The summed E-state index contributed by atoms with van der Waals surface area (Å²) in [5.74, 6) is 1.05. The van der Waals surface area contributed by atoms with Crippen LogP contribution in [0.15, 0.2) is 18.2 Å². The van der Waals surface area contributed by atoms with Gasteiger partial charge in [-0.15, -0.1) is 0 Å². The first-order valence-corrected chi connectivity index (χ1v) is 8.38. The highest BCUT2D eigenvalue weighted by Gasteiger charge is 2.28. The van der Waals surface area contributed by atoms with E-state index in [0.717, 1.165) is 24.8 Å². The lowest BCUT2D eigenvalue weighted by Crippen LogP contribution is -2.37. The third kappa shape index (κ3) is 5.45. The molecule has 1 aromatic rings. The summed E-state index contributed by atoms with van der Waals surface area (Å²) in [6.45, 7) is 7.89. The molecule has 0 aromatic heterocycles. The lowest BCUT2D eigenvalue weighted by Gasteiger charge is -2.21. The van der Waals surface area contributed by atoms with E-state index in [-0.39, 0.29) is 11.9 Å². The summed E-state index contributed by atoms with van der Waals surface area (Å²) < 4.78 is 11.2. The fraction of sp³-hybridized carbons (Fsp3) is 0.579. The molecule has 1 rings (SSSR count). The summed E-state index contributed by atoms with van der Waals surface area (Å²) in [6, 6.07) is 7.40. The zero-order valence-electron chi connectivity index (χ0n) is 15.3. The Kier molecular flexibility index (Phi) is 7.57. The van der Waals surface area contributed by atoms with Gasteiger partial charge in [-0.2, -0.15) is 5.26 Å². The van der Waals surface area contributed by atoms with Crippen molar-refractivity contribution in [3.8, 4) is 17.6 Å². The second-order valence-electron chi connectivity index (χ2n) is 6.40. The van der Waals surface area contributed by atoms with Crippen molar-refractivity contribution in [2.45, 2.75) is 53.0 Å². The van der Waals surface area contributed by atoms with Gasteiger partial charge in [0.2, 0.25) is 5.91 Å². The monoisotopic (exact) mass is 332 g/mol. The highest BCUT2D eigenvalue weighted by Crippen LogP contribution is 2.31. The van der Waals surface area contributed by atoms with Gasteiger partial charge < -0.3 is 14.8 Å². The minimum Gasteiger partial charge on any atom is -0.493 e. The van der Waals surface area contributed by atoms with Crippen LogP contribution in [0.2, 0.25) is 0 Å². The standard InChI is InChI=1S/C19H28N2O3/c1-6-7-8-11-24-16-10-9-15(12-17(16)23-5)14(2)21-18(22)19(3,4)13-20/h9-10,12,14H,6-8,11H2,1-5H3,(H,21,22). The largest absolute Gasteiger partial charge is 0.493 e. The Balaban J connectivity index is 2.79. The van der Waals surface area contributed by atoms with Crippen LogP contribution in [0.1, 0.15) is 58.6 Å². The molecule has 1 unspecified atom stereocenters. The number of nitriles is 1. The van der Waals surface area contributed by atoms with Gasteiger partial charge in [0.25, 0.3) is 0 Å². The molecule has 0 heterocycles. The van der Waals surface area contributed by atoms with Gasteiger partial charge in [0.1, 0.15) is 5.41 Å². The number of benzene rings is 1. The van der Waals surface area contributed by atoms with Crippen molar-refractivity contribution < 1.29 is 14.3 Å². The molecule has 0 bridgehead atoms. The summed E-state index contributed by atoms with van der Waals surface area (Å²) in [5, 5.41) is 11.9. The molecule has 5 heteroatoms. The molecule has 0 saturated heterocycles.